The highest BCUT2D eigenvalue weighted by molar-refractivity contribution is 5.95. The van der Waals surface area contributed by atoms with Crippen molar-refractivity contribution in [2.75, 3.05) is 33.3 Å². The molecule has 34 heavy (non-hydrogen) atoms. The second kappa shape index (κ2) is 9.80. The van der Waals surface area contributed by atoms with Crippen LogP contribution in [0.25, 0.3) is 5.82 Å². The summed E-state index contributed by atoms with van der Waals surface area (Å²) in [6.45, 7) is 4.79. The van der Waals surface area contributed by atoms with Crippen molar-refractivity contribution in [3.63, 3.8) is 0 Å². The molecule has 0 saturated carbocycles. The fraction of sp³-hybridized carbons (Fsp3) is 0.391. The third kappa shape index (κ3) is 5.04. The van der Waals surface area contributed by atoms with Crippen LogP contribution in [0.5, 0.6) is 5.88 Å². The molecule has 180 valence electrons. The van der Waals surface area contributed by atoms with Gasteiger partial charge in [-0.1, -0.05) is 19.1 Å². The number of amides is 1. The molecular weight excluding hydrogens is 449 g/mol. The van der Waals surface area contributed by atoms with Gasteiger partial charge in [-0.2, -0.15) is 18.3 Å². The first kappa shape index (κ1) is 23.7. The number of carbonyl (C=O) groups excluding carboxylic acids is 1. The Hall–Kier alpha value is -3.47. The molecule has 1 fully saturated rings. The molecular formula is C23H25F3N6O2. The molecule has 1 aliphatic heterocycles. The number of nitrogens with zero attached hydrogens (tertiary/aromatic N) is 6. The number of rotatable bonds is 6. The van der Waals surface area contributed by atoms with Crippen LogP contribution in [0.3, 0.4) is 0 Å². The van der Waals surface area contributed by atoms with E-state index in [1.807, 2.05) is 6.92 Å². The van der Waals surface area contributed by atoms with Gasteiger partial charge >= 0.3 is 6.18 Å². The van der Waals surface area contributed by atoms with Gasteiger partial charge in [-0.15, -0.1) is 10.2 Å². The van der Waals surface area contributed by atoms with E-state index < -0.39 is 11.7 Å². The summed E-state index contributed by atoms with van der Waals surface area (Å²) in [6, 6.07) is 8.63. The molecule has 0 N–H and O–H groups in total. The van der Waals surface area contributed by atoms with Gasteiger partial charge in [-0.05, 0) is 30.2 Å². The smallest absolute Gasteiger partial charge is 0.416 e. The topological polar surface area (TPSA) is 76.4 Å². The molecule has 2 aromatic heterocycles. The molecule has 0 bridgehead atoms. The molecule has 11 heteroatoms. The minimum Gasteiger partial charge on any atom is -0.480 e. The van der Waals surface area contributed by atoms with Crippen molar-refractivity contribution < 1.29 is 22.7 Å². The van der Waals surface area contributed by atoms with Crippen molar-refractivity contribution >= 4 is 5.91 Å². The highest BCUT2D eigenvalue weighted by Crippen LogP contribution is 2.29. The summed E-state index contributed by atoms with van der Waals surface area (Å²) in [5.41, 5.74) is 1.43. The summed E-state index contributed by atoms with van der Waals surface area (Å²) in [6.07, 6.45) is -2.19. The number of piperazine rings is 1. The van der Waals surface area contributed by atoms with Crippen molar-refractivity contribution in [1.29, 1.82) is 0 Å². The van der Waals surface area contributed by atoms with Crippen LogP contribution in [0.15, 0.2) is 42.6 Å². The second-order valence-electron chi connectivity index (χ2n) is 7.97. The van der Waals surface area contributed by atoms with Crippen LogP contribution >= 0.6 is 0 Å². The predicted octanol–water partition coefficient (Wildman–Crippen LogP) is 3.21. The van der Waals surface area contributed by atoms with Crippen molar-refractivity contribution in [2.45, 2.75) is 26.1 Å². The first-order valence-corrected chi connectivity index (χ1v) is 10.9. The van der Waals surface area contributed by atoms with Crippen LogP contribution in [-0.2, 0) is 19.1 Å². The van der Waals surface area contributed by atoms with Crippen LogP contribution in [0, 0.1) is 0 Å². The lowest BCUT2D eigenvalue weighted by Gasteiger charge is -2.34. The Labute approximate surface area is 194 Å². The Morgan fingerprint density at radius 1 is 1.03 bits per heavy atom. The van der Waals surface area contributed by atoms with E-state index in [1.165, 1.54) is 19.2 Å². The van der Waals surface area contributed by atoms with E-state index >= 15 is 0 Å². The Bertz CT molecular complexity index is 1120. The number of methoxy groups -OCH3 is 1. The first-order chi connectivity index (χ1) is 16.3. The second-order valence-corrected chi connectivity index (χ2v) is 7.97. The number of ether oxygens (including phenoxy) is 1. The SMILES string of the molecule is CCc1c(C(=O)N2CCN(Cc3ccc(C(F)(F)F)cc3)CC2)cnn1-c1ccc(OC)nn1. The zero-order valence-electron chi connectivity index (χ0n) is 18.9. The highest BCUT2D eigenvalue weighted by Gasteiger charge is 2.30. The average Bonchev–Trinajstić information content (AvgIpc) is 3.28. The fourth-order valence-corrected chi connectivity index (χ4v) is 3.96. The van der Waals surface area contributed by atoms with E-state index in [0.717, 1.165) is 23.4 Å². The van der Waals surface area contributed by atoms with E-state index in [9.17, 15) is 18.0 Å². The molecule has 3 aromatic rings. The standard InChI is InChI=1S/C23H25F3N6O2/c1-3-19-18(14-27-32(19)20-8-9-21(34-2)29-28-20)22(33)31-12-10-30(11-13-31)15-16-4-6-17(7-5-16)23(24,25)26/h4-9,14H,3,10-13,15H2,1-2H3. The van der Waals surface area contributed by atoms with Crippen LogP contribution in [0.4, 0.5) is 13.2 Å². The number of hydrogen-bond donors (Lipinski definition) is 0. The van der Waals surface area contributed by atoms with Gasteiger partial charge in [0.1, 0.15) is 0 Å². The third-order valence-electron chi connectivity index (χ3n) is 5.83. The van der Waals surface area contributed by atoms with E-state index in [1.54, 1.807) is 27.9 Å². The zero-order chi connectivity index (χ0) is 24.3. The maximum absolute atomic E-state index is 13.2. The molecule has 0 radical (unpaired) electrons. The van der Waals surface area contributed by atoms with Gasteiger partial charge in [0, 0.05) is 38.8 Å². The van der Waals surface area contributed by atoms with E-state index in [2.05, 4.69) is 20.2 Å². The molecule has 1 aromatic carbocycles. The van der Waals surface area contributed by atoms with E-state index in [-0.39, 0.29) is 5.91 Å². The zero-order valence-corrected chi connectivity index (χ0v) is 18.9. The van der Waals surface area contributed by atoms with Gasteiger partial charge in [-0.3, -0.25) is 9.69 Å². The summed E-state index contributed by atoms with van der Waals surface area (Å²) in [5, 5.41) is 12.4. The molecule has 0 unspecified atom stereocenters. The number of halogens is 3. The number of alkyl halides is 3. The normalized spacial score (nSPS) is 14.9. The first-order valence-electron chi connectivity index (χ1n) is 10.9. The summed E-state index contributed by atoms with van der Waals surface area (Å²) in [4.78, 5) is 17.1. The van der Waals surface area contributed by atoms with Gasteiger partial charge in [0.2, 0.25) is 5.88 Å². The maximum atomic E-state index is 13.2. The lowest BCUT2D eigenvalue weighted by Crippen LogP contribution is -2.48. The van der Waals surface area contributed by atoms with Crippen LogP contribution < -0.4 is 4.74 Å². The van der Waals surface area contributed by atoms with Gasteiger partial charge in [-0.25, -0.2) is 4.68 Å². The van der Waals surface area contributed by atoms with E-state index in [4.69, 9.17) is 4.74 Å². The molecule has 4 rings (SSSR count). The molecule has 0 aliphatic carbocycles. The molecule has 8 nitrogen and oxygen atoms in total. The minimum absolute atomic E-state index is 0.0984. The van der Waals surface area contributed by atoms with Crippen molar-refractivity contribution in [3.05, 3.63) is 65.0 Å². The summed E-state index contributed by atoms with van der Waals surface area (Å²) in [5.74, 6) is 0.788. The van der Waals surface area contributed by atoms with Crippen molar-refractivity contribution in [2.24, 2.45) is 0 Å². The Balaban J connectivity index is 1.39. The Morgan fingerprint density at radius 2 is 1.74 bits per heavy atom. The lowest BCUT2D eigenvalue weighted by atomic mass is 10.1. The predicted molar refractivity (Wildman–Crippen MR) is 118 cm³/mol. The Kier molecular flexibility index (Phi) is 6.82. The number of carbonyl (C=O) groups is 1. The molecule has 0 spiro atoms. The minimum atomic E-state index is -4.34. The molecule has 1 aliphatic rings. The van der Waals surface area contributed by atoms with Gasteiger partial charge in [0.05, 0.1) is 30.1 Å². The van der Waals surface area contributed by atoms with Crippen LogP contribution in [-0.4, -0.2) is 69.0 Å². The third-order valence-corrected chi connectivity index (χ3v) is 5.83. The number of aromatic nitrogens is 4. The summed E-state index contributed by atoms with van der Waals surface area (Å²) < 4.78 is 44.9. The van der Waals surface area contributed by atoms with Crippen molar-refractivity contribution in [3.8, 4) is 11.7 Å². The molecule has 0 atom stereocenters. The largest absolute Gasteiger partial charge is 0.480 e. The lowest BCUT2D eigenvalue weighted by molar-refractivity contribution is -0.137. The quantitative estimate of drug-likeness (QED) is 0.546. The highest BCUT2D eigenvalue weighted by atomic mass is 19.4. The van der Waals surface area contributed by atoms with Gasteiger partial charge < -0.3 is 9.64 Å². The fourth-order valence-electron chi connectivity index (χ4n) is 3.96. The Morgan fingerprint density at radius 3 is 2.29 bits per heavy atom. The monoisotopic (exact) mass is 474 g/mol. The number of hydrogen-bond acceptors (Lipinski definition) is 6. The summed E-state index contributed by atoms with van der Waals surface area (Å²) >= 11 is 0. The summed E-state index contributed by atoms with van der Waals surface area (Å²) in [7, 11) is 1.51. The molecule has 1 saturated heterocycles. The van der Waals surface area contributed by atoms with Gasteiger partial charge in [0.25, 0.3) is 5.91 Å². The van der Waals surface area contributed by atoms with Crippen LogP contribution in [0.2, 0.25) is 0 Å². The van der Waals surface area contributed by atoms with Crippen LogP contribution in [0.1, 0.15) is 34.1 Å². The number of benzene rings is 1. The van der Waals surface area contributed by atoms with E-state index in [0.29, 0.717) is 56.4 Å². The maximum Gasteiger partial charge on any atom is 0.416 e. The average molecular weight is 474 g/mol. The molecule has 1 amide bonds. The van der Waals surface area contributed by atoms with Gasteiger partial charge in [0.15, 0.2) is 5.82 Å². The molecule has 3 heterocycles. The van der Waals surface area contributed by atoms with Crippen molar-refractivity contribution in [1.82, 2.24) is 29.8 Å².